The number of nitrogens with zero attached hydrogens (tertiary/aromatic N) is 2. The fourth-order valence-corrected chi connectivity index (χ4v) is 4.37. The van der Waals surface area contributed by atoms with Crippen molar-refractivity contribution in [2.24, 2.45) is 0 Å². The Labute approximate surface area is 201 Å². The van der Waals surface area contributed by atoms with Gasteiger partial charge < -0.3 is 18.6 Å². The average Bonchev–Trinajstić information content (AvgIpc) is 2.71. The van der Waals surface area contributed by atoms with Gasteiger partial charge in [0.2, 0.25) is 0 Å². The van der Waals surface area contributed by atoms with Gasteiger partial charge in [-0.15, -0.1) is 0 Å². The maximum atomic E-state index is 13.1. The van der Waals surface area contributed by atoms with E-state index in [1.165, 1.54) is 4.90 Å². The standard InChI is InChI=1S/C22H27F3N2O7S/c1-21(2,3)33-20(29)27-11-15-10-17(34-35(30,31)22(23,24)25)18(16(12-27)26(15)4)19(28)32-13-14-8-6-5-7-9-14/h5-9,15-16H,10-13H2,1-4H3. The van der Waals surface area contributed by atoms with Gasteiger partial charge in [-0.2, -0.15) is 21.6 Å². The van der Waals surface area contributed by atoms with Gasteiger partial charge in [-0.1, -0.05) is 30.3 Å². The minimum atomic E-state index is -6.02. The third kappa shape index (κ3) is 6.26. The van der Waals surface area contributed by atoms with Crippen LogP contribution in [0.3, 0.4) is 0 Å². The van der Waals surface area contributed by atoms with E-state index in [2.05, 4.69) is 4.18 Å². The van der Waals surface area contributed by atoms with Crippen molar-refractivity contribution in [3.8, 4) is 0 Å². The third-order valence-corrected chi connectivity index (χ3v) is 6.51. The predicted octanol–water partition coefficient (Wildman–Crippen LogP) is 3.17. The molecule has 2 heterocycles. The normalized spacial score (nSPS) is 21.5. The molecule has 35 heavy (non-hydrogen) atoms. The summed E-state index contributed by atoms with van der Waals surface area (Å²) >= 11 is 0. The molecule has 0 aliphatic carbocycles. The van der Waals surface area contributed by atoms with Crippen LogP contribution in [0.4, 0.5) is 18.0 Å². The van der Waals surface area contributed by atoms with Crippen LogP contribution in [0, 0.1) is 0 Å². The summed E-state index contributed by atoms with van der Waals surface area (Å²) in [5.74, 6) is -1.68. The minimum Gasteiger partial charge on any atom is -0.457 e. The molecule has 1 aromatic rings. The second-order valence-electron chi connectivity index (χ2n) is 9.31. The molecule has 1 saturated heterocycles. The summed E-state index contributed by atoms with van der Waals surface area (Å²) in [6.07, 6.45) is -1.03. The summed E-state index contributed by atoms with van der Waals surface area (Å²) in [6.45, 7) is 4.74. The zero-order chi connectivity index (χ0) is 26.2. The van der Waals surface area contributed by atoms with Crippen molar-refractivity contribution in [3.05, 3.63) is 47.2 Å². The number of rotatable bonds is 5. The Bertz CT molecular complexity index is 1100. The first kappa shape index (κ1) is 26.8. The molecular formula is C22H27F3N2O7S. The van der Waals surface area contributed by atoms with E-state index >= 15 is 0 Å². The second kappa shape index (κ2) is 9.69. The van der Waals surface area contributed by atoms with Crippen LogP contribution in [0.25, 0.3) is 0 Å². The maximum Gasteiger partial charge on any atom is 0.534 e. The molecule has 0 saturated carbocycles. The molecule has 1 amide bonds. The highest BCUT2D eigenvalue weighted by atomic mass is 32.2. The van der Waals surface area contributed by atoms with Gasteiger partial charge in [0.15, 0.2) is 0 Å². The number of likely N-dealkylation sites (N-methyl/N-ethyl adjacent to an activating group) is 1. The Morgan fingerprint density at radius 1 is 1.09 bits per heavy atom. The van der Waals surface area contributed by atoms with Crippen molar-refractivity contribution in [3.63, 3.8) is 0 Å². The molecule has 0 N–H and O–H groups in total. The number of hydrogen-bond donors (Lipinski definition) is 0. The van der Waals surface area contributed by atoms with Crippen LogP contribution < -0.4 is 0 Å². The van der Waals surface area contributed by atoms with E-state index in [-0.39, 0.29) is 31.7 Å². The van der Waals surface area contributed by atoms with Crippen LogP contribution >= 0.6 is 0 Å². The van der Waals surface area contributed by atoms with E-state index in [1.807, 2.05) is 0 Å². The molecule has 2 aliphatic heterocycles. The smallest absolute Gasteiger partial charge is 0.457 e. The van der Waals surface area contributed by atoms with Crippen LogP contribution in [0.15, 0.2) is 41.7 Å². The monoisotopic (exact) mass is 520 g/mol. The molecule has 13 heteroatoms. The lowest BCUT2D eigenvalue weighted by molar-refractivity contribution is -0.142. The highest BCUT2D eigenvalue weighted by Gasteiger charge is 2.52. The number of amides is 1. The zero-order valence-corrected chi connectivity index (χ0v) is 20.5. The van der Waals surface area contributed by atoms with E-state index in [4.69, 9.17) is 9.47 Å². The van der Waals surface area contributed by atoms with E-state index in [0.717, 1.165) is 0 Å². The van der Waals surface area contributed by atoms with Gasteiger partial charge in [0.25, 0.3) is 0 Å². The van der Waals surface area contributed by atoms with Crippen molar-refractivity contribution < 1.29 is 44.8 Å². The summed E-state index contributed by atoms with van der Waals surface area (Å²) in [5, 5.41) is 0. The summed E-state index contributed by atoms with van der Waals surface area (Å²) in [7, 11) is -4.40. The summed E-state index contributed by atoms with van der Waals surface area (Å²) in [5.41, 5.74) is -6.24. The predicted molar refractivity (Wildman–Crippen MR) is 117 cm³/mol. The van der Waals surface area contributed by atoms with E-state index in [0.29, 0.717) is 5.56 Å². The molecule has 0 spiro atoms. The largest absolute Gasteiger partial charge is 0.534 e. The number of esters is 1. The fourth-order valence-electron chi connectivity index (χ4n) is 3.85. The molecule has 2 bridgehead atoms. The van der Waals surface area contributed by atoms with Crippen molar-refractivity contribution in [2.75, 3.05) is 20.1 Å². The number of fused-ring (bicyclic) bond motifs is 2. The number of ether oxygens (including phenoxy) is 2. The fraction of sp³-hybridized carbons (Fsp3) is 0.545. The van der Waals surface area contributed by atoms with Gasteiger partial charge in [-0.05, 0) is 33.4 Å². The summed E-state index contributed by atoms with van der Waals surface area (Å²) < 4.78 is 77.8. The van der Waals surface area contributed by atoms with Gasteiger partial charge >= 0.3 is 27.7 Å². The average molecular weight is 521 g/mol. The highest BCUT2D eigenvalue weighted by Crippen LogP contribution is 2.37. The molecule has 1 aromatic carbocycles. The van der Waals surface area contributed by atoms with Gasteiger partial charge in [-0.25, -0.2) is 9.59 Å². The number of hydrogen-bond acceptors (Lipinski definition) is 8. The van der Waals surface area contributed by atoms with Crippen LogP contribution in [0.2, 0.25) is 0 Å². The Hall–Kier alpha value is -2.80. The number of alkyl halides is 3. The van der Waals surface area contributed by atoms with Gasteiger partial charge in [0.05, 0.1) is 11.6 Å². The van der Waals surface area contributed by atoms with Gasteiger partial charge in [0.1, 0.15) is 18.0 Å². The van der Waals surface area contributed by atoms with Crippen molar-refractivity contribution >= 4 is 22.2 Å². The van der Waals surface area contributed by atoms with Gasteiger partial charge in [-0.3, -0.25) is 4.90 Å². The minimum absolute atomic E-state index is 0.0349. The van der Waals surface area contributed by atoms with Crippen LogP contribution in [0.1, 0.15) is 32.8 Å². The quantitative estimate of drug-likeness (QED) is 0.332. The first-order chi connectivity index (χ1) is 16.1. The van der Waals surface area contributed by atoms with E-state index in [1.54, 1.807) is 63.1 Å². The van der Waals surface area contributed by atoms with Crippen molar-refractivity contribution in [1.82, 2.24) is 9.80 Å². The third-order valence-electron chi connectivity index (χ3n) is 5.52. The van der Waals surface area contributed by atoms with Crippen molar-refractivity contribution in [1.29, 1.82) is 0 Å². The lowest BCUT2D eigenvalue weighted by Gasteiger charge is -2.48. The highest BCUT2D eigenvalue weighted by molar-refractivity contribution is 7.87. The molecule has 3 rings (SSSR count). The Morgan fingerprint density at radius 2 is 1.71 bits per heavy atom. The number of carbonyl (C=O) groups is 2. The topological polar surface area (TPSA) is 102 Å². The molecular weight excluding hydrogens is 493 g/mol. The molecule has 2 unspecified atom stereocenters. The van der Waals surface area contributed by atoms with E-state index in [9.17, 15) is 31.2 Å². The molecule has 0 aromatic heterocycles. The zero-order valence-electron chi connectivity index (χ0n) is 19.7. The molecule has 1 fully saturated rings. The molecule has 0 radical (unpaired) electrons. The molecule has 9 nitrogen and oxygen atoms in total. The van der Waals surface area contributed by atoms with Crippen molar-refractivity contribution in [2.45, 2.75) is 57.0 Å². The summed E-state index contributed by atoms with van der Waals surface area (Å²) in [4.78, 5) is 28.7. The first-order valence-electron chi connectivity index (χ1n) is 10.7. The Balaban J connectivity index is 1.95. The number of benzene rings is 1. The molecule has 2 atom stereocenters. The molecule has 194 valence electrons. The van der Waals surface area contributed by atoms with Crippen LogP contribution in [0.5, 0.6) is 0 Å². The van der Waals surface area contributed by atoms with Crippen LogP contribution in [-0.4, -0.2) is 73.6 Å². The number of carbonyl (C=O) groups excluding carboxylic acids is 2. The Morgan fingerprint density at radius 3 is 2.29 bits per heavy atom. The van der Waals surface area contributed by atoms with Gasteiger partial charge in [0, 0.05) is 25.6 Å². The number of halogens is 3. The maximum absolute atomic E-state index is 13.1. The lowest BCUT2D eigenvalue weighted by atomic mass is 9.90. The first-order valence-corrected chi connectivity index (χ1v) is 12.1. The second-order valence-corrected chi connectivity index (χ2v) is 10.8. The van der Waals surface area contributed by atoms with E-state index < -0.39 is 51.1 Å². The summed E-state index contributed by atoms with van der Waals surface area (Å²) in [6, 6.07) is 6.95. The Kier molecular flexibility index (Phi) is 7.42. The van der Waals surface area contributed by atoms with Crippen LogP contribution in [-0.2, 0) is 35.2 Å². The SMILES string of the molecule is CN1C2CC(OS(=O)(=O)C(F)(F)F)=C(C(=O)OCc3ccccc3)C1CN(C(=O)OC(C)(C)C)C2. The lowest BCUT2D eigenvalue weighted by Crippen LogP contribution is -2.62. The molecule has 2 aliphatic rings. The number of piperazine rings is 1.